The van der Waals surface area contributed by atoms with Crippen molar-refractivity contribution in [2.24, 2.45) is 0 Å². The summed E-state index contributed by atoms with van der Waals surface area (Å²) < 4.78 is 28.3. The van der Waals surface area contributed by atoms with Gasteiger partial charge in [-0.2, -0.15) is 0 Å². The standard InChI is InChI=1S/C15H15BrO3S/c1-19-13-8-6-11(7-9-13)15(16)12-4-3-5-14(10-12)20(2,17)18/h3-10,15H,1-2H3. The molecule has 0 fully saturated rings. The molecule has 0 aliphatic carbocycles. The lowest BCUT2D eigenvalue weighted by molar-refractivity contribution is 0.414. The topological polar surface area (TPSA) is 43.4 Å². The molecule has 0 spiro atoms. The summed E-state index contributed by atoms with van der Waals surface area (Å²) in [5.41, 5.74) is 1.94. The van der Waals surface area contributed by atoms with Gasteiger partial charge in [-0.15, -0.1) is 0 Å². The van der Waals surface area contributed by atoms with Crippen LogP contribution in [0, 0.1) is 0 Å². The Balaban J connectivity index is 2.35. The van der Waals surface area contributed by atoms with E-state index in [-0.39, 0.29) is 4.83 Å². The zero-order valence-electron chi connectivity index (χ0n) is 11.2. The summed E-state index contributed by atoms with van der Waals surface area (Å²) >= 11 is 3.61. The molecule has 106 valence electrons. The van der Waals surface area contributed by atoms with Crippen molar-refractivity contribution in [3.8, 4) is 5.75 Å². The zero-order valence-corrected chi connectivity index (χ0v) is 13.6. The highest BCUT2D eigenvalue weighted by atomic mass is 79.9. The number of ether oxygens (including phenoxy) is 1. The van der Waals surface area contributed by atoms with Crippen molar-refractivity contribution in [3.05, 3.63) is 59.7 Å². The van der Waals surface area contributed by atoms with Crippen LogP contribution in [-0.2, 0) is 9.84 Å². The Labute approximate surface area is 127 Å². The van der Waals surface area contributed by atoms with Crippen LogP contribution < -0.4 is 4.74 Å². The average molecular weight is 355 g/mol. The fourth-order valence-corrected chi connectivity index (χ4v) is 3.13. The van der Waals surface area contributed by atoms with Gasteiger partial charge in [0.2, 0.25) is 0 Å². The molecule has 0 saturated heterocycles. The molecule has 0 radical (unpaired) electrons. The number of sulfone groups is 1. The number of halogens is 1. The smallest absolute Gasteiger partial charge is 0.175 e. The van der Waals surface area contributed by atoms with Gasteiger partial charge in [-0.3, -0.25) is 0 Å². The van der Waals surface area contributed by atoms with Crippen molar-refractivity contribution in [3.63, 3.8) is 0 Å². The van der Waals surface area contributed by atoms with E-state index in [1.54, 1.807) is 25.3 Å². The Kier molecular flexibility index (Phi) is 4.50. The molecular weight excluding hydrogens is 340 g/mol. The van der Waals surface area contributed by atoms with Gasteiger partial charge >= 0.3 is 0 Å². The van der Waals surface area contributed by atoms with E-state index < -0.39 is 9.84 Å². The van der Waals surface area contributed by atoms with Crippen molar-refractivity contribution < 1.29 is 13.2 Å². The first-order valence-electron chi connectivity index (χ1n) is 6.00. The van der Waals surface area contributed by atoms with E-state index in [9.17, 15) is 8.42 Å². The Hall–Kier alpha value is -1.33. The van der Waals surface area contributed by atoms with Gasteiger partial charge in [-0.05, 0) is 35.4 Å². The molecule has 0 N–H and O–H groups in total. The van der Waals surface area contributed by atoms with Gasteiger partial charge in [-0.25, -0.2) is 8.42 Å². The number of benzene rings is 2. The minimum Gasteiger partial charge on any atom is -0.497 e. The number of alkyl halides is 1. The van der Waals surface area contributed by atoms with Gasteiger partial charge in [0.25, 0.3) is 0 Å². The number of rotatable bonds is 4. The summed E-state index contributed by atoms with van der Waals surface area (Å²) in [6.07, 6.45) is 1.21. The maximum absolute atomic E-state index is 11.6. The fourth-order valence-electron chi connectivity index (χ4n) is 1.87. The first kappa shape index (κ1) is 15.1. The summed E-state index contributed by atoms with van der Waals surface area (Å²) in [4.78, 5) is 0.267. The van der Waals surface area contributed by atoms with E-state index in [1.165, 1.54) is 6.26 Å². The molecule has 0 aliphatic rings. The molecular formula is C15H15BrO3S. The van der Waals surface area contributed by atoms with Crippen LogP contribution in [0.2, 0.25) is 0 Å². The molecule has 0 aromatic heterocycles. The van der Waals surface area contributed by atoms with E-state index in [2.05, 4.69) is 15.9 Å². The SMILES string of the molecule is COc1ccc(C(Br)c2cccc(S(C)(=O)=O)c2)cc1. The van der Waals surface area contributed by atoms with Crippen LogP contribution in [0.4, 0.5) is 0 Å². The molecule has 0 bridgehead atoms. The summed E-state index contributed by atoms with van der Waals surface area (Å²) in [5.74, 6) is 0.790. The molecule has 0 aliphatic heterocycles. The van der Waals surface area contributed by atoms with Crippen LogP contribution in [-0.4, -0.2) is 21.8 Å². The van der Waals surface area contributed by atoms with Gasteiger partial charge in [0, 0.05) is 6.26 Å². The largest absolute Gasteiger partial charge is 0.497 e. The predicted molar refractivity (Wildman–Crippen MR) is 83.3 cm³/mol. The first-order chi connectivity index (χ1) is 9.41. The van der Waals surface area contributed by atoms with Gasteiger partial charge in [0.1, 0.15) is 5.75 Å². The minimum atomic E-state index is -3.19. The lowest BCUT2D eigenvalue weighted by atomic mass is 10.0. The first-order valence-corrected chi connectivity index (χ1v) is 8.80. The third kappa shape index (κ3) is 3.41. The molecule has 0 saturated carbocycles. The summed E-state index contributed by atoms with van der Waals surface area (Å²) in [5, 5.41) is 0. The average Bonchev–Trinajstić information content (AvgIpc) is 2.46. The highest BCUT2D eigenvalue weighted by molar-refractivity contribution is 9.09. The number of hydrogen-bond donors (Lipinski definition) is 0. The van der Waals surface area contributed by atoms with Crippen LogP contribution in [0.5, 0.6) is 5.75 Å². The lowest BCUT2D eigenvalue weighted by Crippen LogP contribution is -1.99. The monoisotopic (exact) mass is 354 g/mol. The lowest BCUT2D eigenvalue weighted by Gasteiger charge is -2.12. The fraction of sp³-hybridized carbons (Fsp3) is 0.200. The predicted octanol–water partition coefficient (Wildman–Crippen LogP) is 3.58. The second-order valence-electron chi connectivity index (χ2n) is 4.48. The second-order valence-corrected chi connectivity index (χ2v) is 7.41. The summed E-state index contributed by atoms with van der Waals surface area (Å²) in [6.45, 7) is 0. The molecule has 2 rings (SSSR count). The molecule has 1 atom stereocenters. The van der Waals surface area contributed by atoms with Gasteiger partial charge in [0.05, 0.1) is 16.8 Å². The highest BCUT2D eigenvalue weighted by Gasteiger charge is 2.14. The Bertz CT molecular complexity index is 693. The quantitative estimate of drug-likeness (QED) is 0.788. The van der Waals surface area contributed by atoms with Gasteiger partial charge < -0.3 is 4.74 Å². The Morgan fingerprint density at radius 3 is 2.25 bits per heavy atom. The molecule has 2 aromatic rings. The van der Waals surface area contributed by atoms with Crippen LogP contribution >= 0.6 is 15.9 Å². The maximum atomic E-state index is 11.6. The number of hydrogen-bond acceptors (Lipinski definition) is 3. The summed E-state index contributed by atoms with van der Waals surface area (Å²) in [6, 6.07) is 14.6. The van der Waals surface area contributed by atoms with E-state index in [0.29, 0.717) is 4.90 Å². The van der Waals surface area contributed by atoms with Crippen molar-refractivity contribution in [1.82, 2.24) is 0 Å². The third-order valence-electron chi connectivity index (χ3n) is 2.99. The zero-order chi connectivity index (χ0) is 14.8. The molecule has 0 amide bonds. The number of methoxy groups -OCH3 is 1. The van der Waals surface area contributed by atoms with Gasteiger partial charge in [-0.1, -0.05) is 40.2 Å². The van der Waals surface area contributed by atoms with Crippen LogP contribution in [0.15, 0.2) is 53.4 Å². The Morgan fingerprint density at radius 1 is 1.05 bits per heavy atom. The third-order valence-corrected chi connectivity index (χ3v) is 5.15. The van der Waals surface area contributed by atoms with Crippen LogP contribution in [0.3, 0.4) is 0 Å². The minimum absolute atomic E-state index is 0.0601. The Morgan fingerprint density at radius 2 is 1.70 bits per heavy atom. The van der Waals surface area contributed by atoms with Crippen molar-refractivity contribution in [1.29, 1.82) is 0 Å². The van der Waals surface area contributed by atoms with E-state index in [4.69, 9.17) is 4.74 Å². The van der Waals surface area contributed by atoms with E-state index >= 15 is 0 Å². The molecule has 3 nitrogen and oxygen atoms in total. The summed E-state index contributed by atoms with van der Waals surface area (Å²) in [7, 11) is -1.57. The van der Waals surface area contributed by atoms with Crippen molar-refractivity contribution in [2.75, 3.05) is 13.4 Å². The molecule has 20 heavy (non-hydrogen) atoms. The normalized spacial score (nSPS) is 12.9. The van der Waals surface area contributed by atoms with Crippen molar-refractivity contribution >= 4 is 25.8 Å². The molecule has 1 unspecified atom stereocenters. The van der Waals surface area contributed by atoms with Crippen molar-refractivity contribution in [2.45, 2.75) is 9.72 Å². The van der Waals surface area contributed by atoms with Crippen LogP contribution in [0.1, 0.15) is 16.0 Å². The molecule has 0 heterocycles. The highest BCUT2D eigenvalue weighted by Crippen LogP contribution is 2.32. The van der Waals surface area contributed by atoms with E-state index in [1.807, 2.05) is 30.3 Å². The second kappa shape index (κ2) is 5.97. The van der Waals surface area contributed by atoms with E-state index in [0.717, 1.165) is 16.9 Å². The molecule has 2 aromatic carbocycles. The van der Waals surface area contributed by atoms with Gasteiger partial charge in [0.15, 0.2) is 9.84 Å². The maximum Gasteiger partial charge on any atom is 0.175 e. The molecule has 5 heteroatoms. The van der Waals surface area contributed by atoms with Crippen LogP contribution in [0.25, 0.3) is 0 Å².